The number of thiophene rings is 1. The van der Waals surface area contributed by atoms with E-state index in [1.54, 1.807) is 0 Å². The van der Waals surface area contributed by atoms with Crippen molar-refractivity contribution in [1.29, 1.82) is 0 Å². The maximum absolute atomic E-state index is 12.6. The van der Waals surface area contributed by atoms with Crippen LogP contribution >= 0.6 is 11.3 Å². The van der Waals surface area contributed by atoms with Crippen LogP contribution in [-0.4, -0.2) is 28.2 Å². The Balaban J connectivity index is 1.48. The van der Waals surface area contributed by atoms with E-state index in [1.807, 2.05) is 40.6 Å². The molecule has 2 amide bonds. The van der Waals surface area contributed by atoms with Gasteiger partial charge in [0.15, 0.2) is 0 Å². The van der Waals surface area contributed by atoms with Crippen molar-refractivity contribution in [3.63, 3.8) is 0 Å². The number of nitro groups is 1. The average Bonchev–Trinajstić information content (AvgIpc) is 3.27. The lowest BCUT2D eigenvalue weighted by Crippen LogP contribution is -2.35. The van der Waals surface area contributed by atoms with Crippen LogP contribution in [0, 0.1) is 10.1 Å². The van der Waals surface area contributed by atoms with Gasteiger partial charge < -0.3 is 10.2 Å². The number of benzene rings is 2. The van der Waals surface area contributed by atoms with Crippen LogP contribution < -0.4 is 5.32 Å². The van der Waals surface area contributed by atoms with Crippen molar-refractivity contribution in [2.24, 2.45) is 0 Å². The lowest BCUT2D eigenvalue weighted by Gasteiger charge is -2.29. The predicted octanol–water partition coefficient (Wildman–Crippen LogP) is 4.11. The third-order valence-electron chi connectivity index (χ3n) is 4.84. The van der Waals surface area contributed by atoms with Gasteiger partial charge in [-0.25, -0.2) is 0 Å². The molecule has 0 spiro atoms. The van der Waals surface area contributed by atoms with Gasteiger partial charge in [0.2, 0.25) is 0 Å². The van der Waals surface area contributed by atoms with Crippen molar-refractivity contribution in [3.8, 4) is 0 Å². The number of rotatable bonds is 4. The molecule has 146 valence electrons. The number of anilines is 1. The number of hydrogen-bond donors (Lipinski definition) is 1. The molecule has 0 radical (unpaired) electrons. The summed E-state index contributed by atoms with van der Waals surface area (Å²) in [7, 11) is 0. The SMILES string of the molecule is O=C(Nc1ccc2c(c1)CN(C(=O)c1cccs1)CC2)c1ccc([N+](=O)[O-])cc1. The molecule has 0 atom stereocenters. The summed E-state index contributed by atoms with van der Waals surface area (Å²) in [5.74, 6) is -0.326. The molecule has 3 aromatic rings. The molecule has 4 rings (SSSR count). The van der Waals surface area contributed by atoms with Gasteiger partial charge in [-0.15, -0.1) is 11.3 Å². The Hall–Kier alpha value is -3.52. The smallest absolute Gasteiger partial charge is 0.269 e. The van der Waals surface area contributed by atoms with Crippen LogP contribution in [0.15, 0.2) is 60.0 Å². The molecular weight excluding hydrogens is 390 g/mol. The first-order chi connectivity index (χ1) is 14.0. The minimum absolute atomic E-state index is 0.0194. The van der Waals surface area contributed by atoms with Crippen molar-refractivity contribution in [2.45, 2.75) is 13.0 Å². The summed E-state index contributed by atoms with van der Waals surface area (Å²) in [6.45, 7) is 1.16. The summed E-state index contributed by atoms with van der Waals surface area (Å²) < 4.78 is 0. The highest BCUT2D eigenvalue weighted by atomic mass is 32.1. The minimum Gasteiger partial charge on any atom is -0.333 e. The zero-order valence-electron chi connectivity index (χ0n) is 15.3. The molecule has 1 aliphatic heterocycles. The number of non-ortho nitro benzene ring substituents is 1. The van der Waals surface area contributed by atoms with E-state index < -0.39 is 4.92 Å². The maximum atomic E-state index is 12.6. The Morgan fingerprint density at radius 3 is 2.55 bits per heavy atom. The Morgan fingerprint density at radius 1 is 1.07 bits per heavy atom. The lowest BCUT2D eigenvalue weighted by atomic mass is 9.98. The van der Waals surface area contributed by atoms with Crippen molar-refractivity contribution in [2.75, 3.05) is 11.9 Å². The zero-order chi connectivity index (χ0) is 20.4. The van der Waals surface area contributed by atoms with Gasteiger partial charge in [-0.3, -0.25) is 19.7 Å². The van der Waals surface area contributed by atoms with E-state index in [1.165, 1.54) is 35.6 Å². The van der Waals surface area contributed by atoms with Gasteiger partial charge in [0.05, 0.1) is 9.80 Å². The van der Waals surface area contributed by atoms with Crippen LogP contribution in [0.25, 0.3) is 0 Å². The standard InChI is InChI=1S/C21H17N3O4S/c25-20(15-4-7-18(8-5-15)24(27)28)22-17-6-3-14-9-10-23(13-16(14)12-17)21(26)19-2-1-11-29-19/h1-8,11-12H,9-10,13H2,(H,22,25). The molecular formula is C21H17N3O4S. The monoisotopic (exact) mass is 407 g/mol. The van der Waals surface area contributed by atoms with E-state index >= 15 is 0 Å². The first kappa shape index (κ1) is 18.8. The summed E-state index contributed by atoms with van der Waals surface area (Å²) in [5, 5.41) is 15.4. The Bertz CT molecular complexity index is 1080. The Labute approximate surface area is 170 Å². The van der Waals surface area contributed by atoms with E-state index in [4.69, 9.17) is 0 Å². The second kappa shape index (κ2) is 7.84. The van der Waals surface area contributed by atoms with Crippen molar-refractivity contribution < 1.29 is 14.5 Å². The highest BCUT2D eigenvalue weighted by molar-refractivity contribution is 7.12. The van der Waals surface area contributed by atoms with E-state index in [0.717, 1.165) is 22.4 Å². The molecule has 29 heavy (non-hydrogen) atoms. The second-order valence-corrected chi connectivity index (χ2v) is 7.64. The number of hydrogen-bond acceptors (Lipinski definition) is 5. The van der Waals surface area contributed by atoms with Crippen LogP contribution in [0.1, 0.15) is 31.2 Å². The summed E-state index contributed by atoms with van der Waals surface area (Å²) >= 11 is 1.43. The predicted molar refractivity (Wildman–Crippen MR) is 110 cm³/mol. The summed E-state index contributed by atoms with van der Waals surface area (Å²) in [6, 6.07) is 14.8. The van der Waals surface area contributed by atoms with Crippen LogP contribution in [0.5, 0.6) is 0 Å². The van der Waals surface area contributed by atoms with E-state index in [2.05, 4.69) is 5.32 Å². The molecule has 0 aliphatic carbocycles. The van der Waals surface area contributed by atoms with E-state index in [9.17, 15) is 19.7 Å². The number of carbonyl (C=O) groups excluding carboxylic acids is 2. The van der Waals surface area contributed by atoms with Gasteiger partial charge >= 0.3 is 0 Å². The molecule has 2 aromatic carbocycles. The maximum Gasteiger partial charge on any atom is 0.269 e. The van der Waals surface area contributed by atoms with E-state index in [0.29, 0.717) is 24.3 Å². The molecule has 2 heterocycles. The summed E-state index contributed by atoms with van der Waals surface area (Å²) in [6.07, 6.45) is 0.767. The zero-order valence-corrected chi connectivity index (χ0v) is 16.1. The molecule has 0 unspecified atom stereocenters. The highest BCUT2D eigenvalue weighted by Gasteiger charge is 2.22. The first-order valence-corrected chi connectivity index (χ1v) is 9.89. The largest absolute Gasteiger partial charge is 0.333 e. The number of nitrogens with one attached hydrogen (secondary N) is 1. The fraction of sp³-hybridized carbons (Fsp3) is 0.143. The normalized spacial score (nSPS) is 12.9. The van der Waals surface area contributed by atoms with Crippen molar-refractivity contribution in [1.82, 2.24) is 4.90 Å². The van der Waals surface area contributed by atoms with Crippen LogP contribution in [-0.2, 0) is 13.0 Å². The molecule has 1 aromatic heterocycles. The molecule has 0 saturated heterocycles. The van der Waals surface area contributed by atoms with Gasteiger partial charge in [0.25, 0.3) is 17.5 Å². The van der Waals surface area contributed by atoms with E-state index in [-0.39, 0.29) is 17.5 Å². The second-order valence-electron chi connectivity index (χ2n) is 6.70. The molecule has 1 aliphatic rings. The molecule has 8 heteroatoms. The number of fused-ring (bicyclic) bond motifs is 1. The van der Waals surface area contributed by atoms with Gasteiger partial charge in [-0.05, 0) is 53.3 Å². The van der Waals surface area contributed by atoms with Gasteiger partial charge in [-0.1, -0.05) is 12.1 Å². The van der Waals surface area contributed by atoms with Gasteiger partial charge in [-0.2, -0.15) is 0 Å². The summed E-state index contributed by atoms with van der Waals surface area (Å²) in [5.41, 5.74) is 3.06. The quantitative estimate of drug-likeness (QED) is 0.520. The van der Waals surface area contributed by atoms with Gasteiger partial charge in [0, 0.05) is 36.5 Å². The first-order valence-electron chi connectivity index (χ1n) is 9.01. The summed E-state index contributed by atoms with van der Waals surface area (Å²) in [4.78, 5) is 37.8. The molecule has 0 fully saturated rings. The lowest BCUT2D eigenvalue weighted by molar-refractivity contribution is -0.384. The third kappa shape index (κ3) is 4.02. The average molecular weight is 407 g/mol. The van der Waals surface area contributed by atoms with Crippen LogP contribution in [0.4, 0.5) is 11.4 Å². The molecule has 7 nitrogen and oxygen atoms in total. The molecule has 0 saturated carbocycles. The Morgan fingerprint density at radius 2 is 1.86 bits per heavy atom. The van der Waals surface area contributed by atoms with Crippen LogP contribution in [0.2, 0.25) is 0 Å². The number of nitrogens with zero attached hydrogens (tertiary/aromatic N) is 2. The highest BCUT2D eigenvalue weighted by Crippen LogP contribution is 2.25. The van der Waals surface area contributed by atoms with Crippen LogP contribution in [0.3, 0.4) is 0 Å². The van der Waals surface area contributed by atoms with Gasteiger partial charge in [0.1, 0.15) is 0 Å². The number of amides is 2. The third-order valence-corrected chi connectivity index (χ3v) is 5.69. The fourth-order valence-electron chi connectivity index (χ4n) is 3.30. The van der Waals surface area contributed by atoms with Crippen molar-refractivity contribution >= 4 is 34.5 Å². The Kier molecular flexibility index (Phi) is 5.09. The number of carbonyl (C=O) groups is 2. The molecule has 1 N–H and O–H groups in total. The minimum atomic E-state index is -0.506. The topological polar surface area (TPSA) is 92.6 Å². The fourth-order valence-corrected chi connectivity index (χ4v) is 3.99. The van der Waals surface area contributed by atoms with Crippen molar-refractivity contribution in [3.05, 3.63) is 91.7 Å². The molecule has 0 bridgehead atoms. The number of nitro benzene ring substituents is 1.